The average molecular weight is 260 g/mol. The molecule has 1 heterocycles. The Labute approximate surface area is 106 Å². The molecule has 2 rings (SSSR count). The van der Waals surface area contributed by atoms with E-state index in [1.165, 1.54) is 36.8 Å². The lowest BCUT2D eigenvalue weighted by molar-refractivity contribution is -0.383. The number of hydrogen-bond acceptors (Lipinski definition) is 6. The van der Waals surface area contributed by atoms with Crippen LogP contribution in [0, 0.1) is 10.1 Å². The largest absolute Gasteiger partial charge is 0.478 e. The summed E-state index contributed by atoms with van der Waals surface area (Å²) in [6.45, 7) is 0. The number of hydrogen-bond donors (Lipinski definition) is 2. The average Bonchev–Trinajstić information content (AvgIpc) is 2.39. The zero-order valence-electron chi connectivity index (χ0n) is 9.48. The molecular formula is C11H8N4O4. The minimum atomic E-state index is -1.27. The SMILES string of the molecule is O=C(O)c1cccc([N+](=O)[O-])c1Nc1cnccn1. The number of aromatic carboxylic acids is 1. The van der Waals surface area contributed by atoms with Crippen LogP contribution in [0.2, 0.25) is 0 Å². The van der Waals surface area contributed by atoms with Crippen LogP contribution in [0.3, 0.4) is 0 Å². The first-order chi connectivity index (χ1) is 9.09. The van der Waals surface area contributed by atoms with E-state index in [1.54, 1.807) is 0 Å². The standard InChI is InChI=1S/C11H8N4O4/c16-11(17)7-2-1-3-8(15(18)19)10(7)14-9-6-12-4-5-13-9/h1-6H,(H,13,14)(H,16,17). The third-order valence-electron chi connectivity index (χ3n) is 2.29. The Balaban J connectivity index is 2.52. The van der Waals surface area contributed by atoms with E-state index in [2.05, 4.69) is 15.3 Å². The Bertz CT molecular complexity index is 598. The molecule has 0 unspecified atom stereocenters. The fourth-order valence-electron chi connectivity index (χ4n) is 1.49. The highest BCUT2D eigenvalue weighted by Gasteiger charge is 2.21. The molecule has 0 bridgehead atoms. The van der Waals surface area contributed by atoms with Gasteiger partial charge >= 0.3 is 5.97 Å². The second kappa shape index (κ2) is 5.08. The predicted octanol–water partition coefficient (Wildman–Crippen LogP) is 1.83. The lowest BCUT2D eigenvalue weighted by atomic mass is 10.1. The molecule has 1 aromatic heterocycles. The molecule has 0 saturated carbocycles. The van der Waals surface area contributed by atoms with Gasteiger partial charge in [0.2, 0.25) is 0 Å². The first-order valence-corrected chi connectivity index (χ1v) is 5.13. The van der Waals surface area contributed by atoms with Crippen LogP contribution in [-0.2, 0) is 0 Å². The number of carbonyl (C=O) groups is 1. The van der Waals surface area contributed by atoms with Gasteiger partial charge in [0, 0.05) is 18.5 Å². The van der Waals surface area contributed by atoms with Crippen LogP contribution >= 0.6 is 0 Å². The number of nitrogens with one attached hydrogen (secondary N) is 1. The van der Waals surface area contributed by atoms with Gasteiger partial charge in [-0.05, 0) is 6.07 Å². The van der Waals surface area contributed by atoms with Gasteiger partial charge in [0.15, 0.2) is 0 Å². The third-order valence-corrected chi connectivity index (χ3v) is 2.29. The van der Waals surface area contributed by atoms with Gasteiger partial charge in [-0.25, -0.2) is 9.78 Å². The molecule has 0 amide bonds. The van der Waals surface area contributed by atoms with E-state index in [4.69, 9.17) is 5.11 Å². The van der Waals surface area contributed by atoms with Gasteiger partial charge in [0.25, 0.3) is 5.69 Å². The van der Waals surface area contributed by atoms with Gasteiger partial charge in [-0.15, -0.1) is 0 Å². The minimum absolute atomic E-state index is 0.125. The predicted molar refractivity (Wildman–Crippen MR) is 65.4 cm³/mol. The molecule has 0 aliphatic carbocycles. The van der Waals surface area contributed by atoms with Gasteiger partial charge in [0.1, 0.15) is 11.5 Å². The van der Waals surface area contributed by atoms with E-state index in [0.717, 1.165) is 0 Å². The number of aromatic nitrogens is 2. The topological polar surface area (TPSA) is 118 Å². The maximum Gasteiger partial charge on any atom is 0.338 e. The van der Waals surface area contributed by atoms with Gasteiger partial charge < -0.3 is 10.4 Å². The molecule has 19 heavy (non-hydrogen) atoms. The summed E-state index contributed by atoms with van der Waals surface area (Å²) in [6.07, 6.45) is 4.16. The number of carboxylic acids is 1. The van der Waals surface area contributed by atoms with Crippen molar-refractivity contribution in [1.29, 1.82) is 0 Å². The quantitative estimate of drug-likeness (QED) is 0.635. The van der Waals surface area contributed by atoms with Crippen molar-refractivity contribution in [2.75, 3.05) is 5.32 Å². The molecule has 8 nitrogen and oxygen atoms in total. The summed E-state index contributed by atoms with van der Waals surface area (Å²) >= 11 is 0. The minimum Gasteiger partial charge on any atom is -0.478 e. The second-order valence-electron chi connectivity index (χ2n) is 3.48. The van der Waals surface area contributed by atoms with E-state index in [1.807, 2.05) is 0 Å². The van der Waals surface area contributed by atoms with Crippen molar-refractivity contribution in [3.8, 4) is 0 Å². The summed E-state index contributed by atoms with van der Waals surface area (Å²) < 4.78 is 0. The molecule has 0 saturated heterocycles. The van der Waals surface area contributed by atoms with Crippen LogP contribution in [-0.4, -0.2) is 26.0 Å². The fraction of sp³-hybridized carbons (Fsp3) is 0. The molecule has 0 atom stereocenters. The third kappa shape index (κ3) is 2.63. The van der Waals surface area contributed by atoms with Crippen molar-refractivity contribution in [1.82, 2.24) is 9.97 Å². The van der Waals surface area contributed by atoms with Crippen molar-refractivity contribution >= 4 is 23.2 Å². The van der Waals surface area contributed by atoms with Gasteiger partial charge in [-0.3, -0.25) is 15.1 Å². The van der Waals surface area contributed by atoms with E-state index in [-0.39, 0.29) is 22.8 Å². The van der Waals surface area contributed by atoms with E-state index >= 15 is 0 Å². The monoisotopic (exact) mass is 260 g/mol. The van der Waals surface area contributed by atoms with E-state index in [0.29, 0.717) is 0 Å². The highest BCUT2D eigenvalue weighted by Crippen LogP contribution is 2.30. The molecule has 2 N–H and O–H groups in total. The lowest BCUT2D eigenvalue weighted by Gasteiger charge is -2.08. The Morgan fingerprint density at radius 2 is 2.16 bits per heavy atom. The van der Waals surface area contributed by atoms with Gasteiger partial charge in [-0.2, -0.15) is 0 Å². The zero-order valence-corrected chi connectivity index (χ0v) is 9.48. The number of nitro groups is 1. The Morgan fingerprint density at radius 1 is 1.37 bits per heavy atom. The molecular weight excluding hydrogens is 252 g/mol. The molecule has 96 valence electrons. The Hall–Kier alpha value is -3.03. The molecule has 2 aromatic rings. The summed E-state index contributed by atoms with van der Waals surface area (Å²) in [5, 5.41) is 22.6. The Kier molecular flexibility index (Phi) is 3.33. The van der Waals surface area contributed by atoms with Crippen LogP contribution in [0.25, 0.3) is 0 Å². The zero-order chi connectivity index (χ0) is 13.8. The Morgan fingerprint density at radius 3 is 2.74 bits per heavy atom. The molecule has 0 radical (unpaired) electrons. The molecule has 0 aliphatic heterocycles. The van der Waals surface area contributed by atoms with Crippen LogP contribution < -0.4 is 5.32 Å². The van der Waals surface area contributed by atoms with Crippen molar-refractivity contribution in [2.24, 2.45) is 0 Å². The number of anilines is 2. The van der Waals surface area contributed by atoms with Crippen molar-refractivity contribution in [2.45, 2.75) is 0 Å². The number of benzene rings is 1. The molecule has 1 aromatic carbocycles. The van der Waals surface area contributed by atoms with Gasteiger partial charge in [0.05, 0.1) is 16.7 Å². The fourth-order valence-corrected chi connectivity index (χ4v) is 1.49. The number of para-hydroxylation sites is 1. The van der Waals surface area contributed by atoms with Crippen LogP contribution in [0.4, 0.5) is 17.2 Å². The first kappa shape index (κ1) is 12.4. The summed E-state index contributed by atoms with van der Waals surface area (Å²) in [4.78, 5) is 29.0. The maximum absolute atomic E-state index is 11.1. The maximum atomic E-state index is 11.1. The van der Waals surface area contributed by atoms with E-state index in [9.17, 15) is 14.9 Å². The van der Waals surface area contributed by atoms with E-state index < -0.39 is 10.9 Å². The first-order valence-electron chi connectivity index (χ1n) is 5.13. The number of nitro benzene ring substituents is 1. The number of nitrogens with zero attached hydrogens (tertiary/aromatic N) is 3. The van der Waals surface area contributed by atoms with Crippen LogP contribution in [0.15, 0.2) is 36.8 Å². The smallest absolute Gasteiger partial charge is 0.338 e. The van der Waals surface area contributed by atoms with Crippen molar-refractivity contribution in [3.05, 3.63) is 52.5 Å². The van der Waals surface area contributed by atoms with Crippen LogP contribution in [0.1, 0.15) is 10.4 Å². The molecule has 0 fully saturated rings. The van der Waals surface area contributed by atoms with Crippen LogP contribution in [0.5, 0.6) is 0 Å². The van der Waals surface area contributed by atoms with Gasteiger partial charge in [-0.1, -0.05) is 6.07 Å². The highest BCUT2D eigenvalue weighted by atomic mass is 16.6. The summed E-state index contributed by atoms with van der Waals surface area (Å²) in [5.41, 5.74) is -0.675. The lowest BCUT2D eigenvalue weighted by Crippen LogP contribution is -2.06. The second-order valence-corrected chi connectivity index (χ2v) is 3.48. The van der Waals surface area contributed by atoms with Crippen molar-refractivity contribution in [3.63, 3.8) is 0 Å². The number of carboxylic acid groups (broad SMARTS) is 1. The molecule has 0 aliphatic rings. The molecule has 0 spiro atoms. The molecule has 8 heteroatoms. The highest BCUT2D eigenvalue weighted by molar-refractivity contribution is 5.97. The van der Waals surface area contributed by atoms with Crippen molar-refractivity contribution < 1.29 is 14.8 Å². The summed E-state index contributed by atoms with van der Waals surface area (Å²) in [5.74, 6) is -1.05. The normalized spacial score (nSPS) is 9.89. The number of rotatable bonds is 4. The summed E-state index contributed by atoms with van der Waals surface area (Å²) in [7, 11) is 0. The summed E-state index contributed by atoms with van der Waals surface area (Å²) in [6, 6.07) is 3.79.